The van der Waals surface area contributed by atoms with Crippen LogP contribution in [0.1, 0.15) is 29.2 Å². The summed E-state index contributed by atoms with van der Waals surface area (Å²) < 4.78 is 34.3. The van der Waals surface area contributed by atoms with Gasteiger partial charge in [0.1, 0.15) is 18.0 Å². The molecule has 4 nitrogen and oxygen atoms in total. The summed E-state index contributed by atoms with van der Waals surface area (Å²) in [6.07, 6.45) is -0.114. The molecule has 0 amide bonds. The lowest BCUT2D eigenvalue weighted by Crippen LogP contribution is -2.62. The highest BCUT2D eigenvalue weighted by atomic mass is 19.1. The van der Waals surface area contributed by atoms with Crippen LogP contribution in [0, 0.1) is 5.82 Å². The van der Waals surface area contributed by atoms with E-state index in [1.807, 2.05) is 66.7 Å². The quantitative estimate of drug-likeness (QED) is 0.198. The summed E-state index contributed by atoms with van der Waals surface area (Å²) in [7, 11) is 0. The van der Waals surface area contributed by atoms with Crippen LogP contribution in [-0.4, -0.2) is 42.3 Å². The van der Waals surface area contributed by atoms with Gasteiger partial charge in [-0.3, -0.25) is 4.90 Å². The third-order valence-electron chi connectivity index (χ3n) is 7.66. The second-order valence-corrected chi connectivity index (χ2v) is 10.4. The lowest BCUT2D eigenvalue weighted by atomic mass is 9.93. The van der Waals surface area contributed by atoms with Crippen LogP contribution >= 0.6 is 0 Å². The number of piperidine rings is 1. The molecule has 1 saturated heterocycles. The van der Waals surface area contributed by atoms with E-state index in [4.69, 9.17) is 14.2 Å². The highest BCUT2D eigenvalue weighted by Gasteiger charge is 2.44. The lowest BCUT2D eigenvalue weighted by Gasteiger charge is -2.47. The summed E-state index contributed by atoms with van der Waals surface area (Å²) >= 11 is 0. The lowest BCUT2D eigenvalue weighted by molar-refractivity contribution is -0.200. The zero-order chi connectivity index (χ0) is 27.6. The molecule has 4 aromatic carbocycles. The minimum atomic E-state index is -0.271. The average Bonchev–Trinajstić information content (AvgIpc) is 3.00. The molecular weight excluding hydrogens is 501 g/mol. The van der Waals surface area contributed by atoms with Crippen molar-refractivity contribution in [3.05, 3.63) is 143 Å². The van der Waals surface area contributed by atoms with Crippen molar-refractivity contribution >= 4 is 0 Å². The molecule has 4 aromatic rings. The number of hydrogen-bond donors (Lipinski definition) is 0. The van der Waals surface area contributed by atoms with Crippen LogP contribution < -0.4 is 0 Å². The van der Waals surface area contributed by atoms with E-state index in [0.29, 0.717) is 39.3 Å². The van der Waals surface area contributed by atoms with E-state index < -0.39 is 0 Å². The Morgan fingerprint density at radius 1 is 0.625 bits per heavy atom. The molecule has 208 valence electrons. The van der Waals surface area contributed by atoms with Gasteiger partial charge in [-0.25, -0.2) is 4.39 Å². The fourth-order valence-corrected chi connectivity index (χ4v) is 5.35. The second-order valence-electron chi connectivity index (χ2n) is 10.4. The van der Waals surface area contributed by atoms with Crippen molar-refractivity contribution in [2.45, 2.75) is 57.5 Å². The molecule has 1 heterocycles. The van der Waals surface area contributed by atoms with Gasteiger partial charge in [-0.05, 0) is 41.7 Å². The van der Waals surface area contributed by atoms with Gasteiger partial charge in [0.15, 0.2) is 0 Å². The minimum Gasteiger partial charge on any atom is -0.369 e. The van der Waals surface area contributed by atoms with Gasteiger partial charge in [-0.15, -0.1) is 0 Å². The van der Waals surface area contributed by atoms with Crippen LogP contribution in [0.5, 0.6) is 0 Å². The topological polar surface area (TPSA) is 30.9 Å². The first-order chi connectivity index (χ1) is 19.7. The Morgan fingerprint density at radius 2 is 1.10 bits per heavy atom. The highest BCUT2D eigenvalue weighted by Crippen LogP contribution is 2.29. The Labute approximate surface area is 237 Å². The number of likely N-dealkylation sites (tertiary alicyclic amines) is 1. The molecule has 40 heavy (non-hydrogen) atoms. The molecule has 0 aromatic heterocycles. The van der Waals surface area contributed by atoms with Gasteiger partial charge in [0.25, 0.3) is 0 Å². The molecule has 0 unspecified atom stereocenters. The molecule has 0 bridgehead atoms. The minimum absolute atomic E-state index is 0.0489. The molecule has 0 N–H and O–H groups in total. The standard InChI is InChI=1S/C35H38FNO3/c1-27-34(39-25-29-15-7-3-8-16-29)35(40-26-30-17-9-4-10-18-30)33(38-24-28-13-5-2-6-14-28)23-37(27)22-21-31-19-11-12-20-32(31)36/h2-20,27,33-35H,21-26H2,1H3/t27-,33+,34-,35-/m1/s1. The first-order valence-electron chi connectivity index (χ1n) is 14.1. The van der Waals surface area contributed by atoms with Crippen LogP contribution in [0.3, 0.4) is 0 Å². The normalized spacial score (nSPS) is 21.4. The molecule has 5 heteroatoms. The summed E-state index contributed by atoms with van der Waals surface area (Å²) in [5, 5.41) is 0. The van der Waals surface area contributed by atoms with Crippen molar-refractivity contribution in [3.63, 3.8) is 0 Å². The van der Waals surface area contributed by atoms with Gasteiger partial charge in [-0.1, -0.05) is 109 Å². The zero-order valence-corrected chi connectivity index (χ0v) is 23.1. The molecule has 1 aliphatic rings. The molecule has 0 aliphatic carbocycles. The third-order valence-corrected chi connectivity index (χ3v) is 7.66. The summed E-state index contributed by atoms with van der Waals surface area (Å²) in [6.45, 7) is 5.00. The first-order valence-corrected chi connectivity index (χ1v) is 14.1. The molecular formula is C35H38FNO3. The fraction of sp³-hybridized carbons (Fsp3) is 0.314. The summed E-state index contributed by atoms with van der Waals surface area (Å²) in [6, 6.07) is 37.7. The maximum atomic E-state index is 14.4. The third kappa shape index (κ3) is 7.64. The Morgan fingerprint density at radius 3 is 1.65 bits per heavy atom. The van der Waals surface area contributed by atoms with Crippen LogP contribution in [-0.2, 0) is 40.5 Å². The molecule has 0 radical (unpaired) electrons. The van der Waals surface area contributed by atoms with E-state index in [1.165, 1.54) is 6.07 Å². The van der Waals surface area contributed by atoms with Gasteiger partial charge in [0, 0.05) is 19.1 Å². The Hall–Kier alpha value is -3.35. The summed E-state index contributed by atoms with van der Waals surface area (Å²) in [5.74, 6) is -0.162. The molecule has 5 rings (SSSR count). The second kappa shape index (κ2) is 14.3. The van der Waals surface area contributed by atoms with E-state index >= 15 is 0 Å². The molecule has 4 atom stereocenters. The van der Waals surface area contributed by atoms with E-state index in [2.05, 4.69) is 48.2 Å². The number of benzene rings is 4. The average molecular weight is 540 g/mol. The maximum Gasteiger partial charge on any atom is 0.126 e. The van der Waals surface area contributed by atoms with Crippen molar-refractivity contribution in [3.8, 4) is 0 Å². The summed E-state index contributed by atoms with van der Waals surface area (Å²) in [4.78, 5) is 2.36. The van der Waals surface area contributed by atoms with Crippen LogP contribution in [0.25, 0.3) is 0 Å². The van der Waals surface area contributed by atoms with Gasteiger partial charge in [0.2, 0.25) is 0 Å². The van der Waals surface area contributed by atoms with Gasteiger partial charge in [0.05, 0.1) is 25.9 Å². The maximum absolute atomic E-state index is 14.4. The highest BCUT2D eigenvalue weighted by molar-refractivity contribution is 5.18. The van der Waals surface area contributed by atoms with Crippen LogP contribution in [0.2, 0.25) is 0 Å². The number of nitrogens with zero attached hydrogens (tertiary/aromatic N) is 1. The van der Waals surface area contributed by atoms with E-state index in [0.717, 1.165) is 22.3 Å². The number of ether oxygens (including phenoxy) is 3. The molecule has 1 aliphatic heterocycles. The SMILES string of the molecule is C[C@@H]1[C@@H](OCc2ccccc2)[C@H](OCc2ccccc2)[C@@H](OCc2ccccc2)CN1CCc1ccccc1F. The Balaban J connectivity index is 1.38. The fourth-order valence-electron chi connectivity index (χ4n) is 5.35. The van der Waals surface area contributed by atoms with Crippen molar-refractivity contribution in [1.82, 2.24) is 4.90 Å². The summed E-state index contributed by atoms with van der Waals surface area (Å²) in [5.41, 5.74) is 4.06. The van der Waals surface area contributed by atoms with Crippen molar-refractivity contribution in [2.24, 2.45) is 0 Å². The van der Waals surface area contributed by atoms with E-state index in [1.54, 1.807) is 6.07 Å². The van der Waals surface area contributed by atoms with Crippen molar-refractivity contribution in [2.75, 3.05) is 13.1 Å². The van der Waals surface area contributed by atoms with Crippen molar-refractivity contribution < 1.29 is 18.6 Å². The largest absolute Gasteiger partial charge is 0.369 e. The predicted octanol–water partition coefficient (Wildman–Crippen LogP) is 6.83. The van der Waals surface area contributed by atoms with Crippen molar-refractivity contribution in [1.29, 1.82) is 0 Å². The monoisotopic (exact) mass is 539 g/mol. The number of hydrogen-bond acceptors (Lipinski definition) is 4. The van der Waals surface area contributed by atoms with Gasteiger partial charge < -0.3 is 14.2 Å². The molecule has 0 saturated carbocycles. The smallest absolute Gasteiger partial charge is 0.126 e. The Bertz CT molecular complexity index is 1290. The Kier molecular flexibility index (Phi) is 10.1. The molecule has 1 fully saturated rings. The van der Waals surface area contributed by atoms with Gasteiger partial charge >= 0.3 is 0 Å². The van der Waals surface area contributed by atoms with E-state index in [-0.39, 0.29) is 30.2 Å². The predicted molar refractivity (Wildman–Crippen MR) is 156 cm³/mol. The van der Waals surface area contributed by atoms with E-state index in [9.17, 15) is 4.39 Å². The van der Waals surface area contributed by atoms with Crippen LogP contribution in [0.4, 0.5) is 4.39 Å². The van der Waals surface area contributed by atoms with Crippen LogP contribution in [0.15, 0.2) is 115 Å². The number of rotatable bonds is 12. The zero-order valence-electron chi connectivity index (χ0n) is 23.1. The number of halogens is 1. The van der Waals surface area contributed by atoms with Gasteiger partial charge in [-0.2, -0.15) is 0 Å². The molecule has 0 spiro atoms. The first kappa shape index (κ1) is 28.2.